The number of carbonyl (C=O) groups is 2. The van der Waals surface area contributed by atoms with Gasteiger partial charge in [0.1, 0.15) is 5.82 Å². The van der Waals surface area contributed by atoms with Crippen molar-refractivity contribution in [2.45, 2.75) is 38.4 Å². The highest BCUT2D eigenvalue weighted by Gasteiger charge is 2.32. The molecule has 0 saturated carbocycles. The predicted molar refractivity (Wildman–Crippen MR) is 144 cm³/mol. The number of benzene rings is 2. The Morgan fingerprint density at radius 3 is 2.68 bits per heavy atom. The minimum atomic E-state index is -0.240. The minimum absolute atomic E-state index is 0.0393. The maximum absolute atomic E-state index is 14.1. The molecule has 2 aliphatic heterocycles. The Balaban J connectivity index is 1.16. The summed E-state index contributed by atoms with van der Waals surface area (Å²) in [6.07, 6.45) is 1.35. The van der Waals surface area contributed by atoms with Crippen LogP contribution in [0.25, 0.3) is 0 Å². The van der Waals surface area contributed by atoms with E-state index < -0.39 is 0 Å². The molecule has 2 atom stereocenters. The van der Waals surface area contributed by atoms with Gasteiger partial charge in [0.2, 0.25) is 5.91 Å². The van der Waals surface area contributed by atoms with E-state index >= 15 is 0 Å². The number of fused-ring (bicyclic) bond motifs is 1. The first-order valence-electron chi connectivity index (χ1n) is 12.9. The van der Waals surface area contributed by atoms with Crippen LogP contribution in [-0.4, -0.2) is 65.4 Å². The quantitative estimate of drug-likeness (QED) is 0.514. The zero-order chi connectivity index (χ0) is 25.8. The van der Waals surface area contributed by atoms with E-state index in [0.29, 0.717) is 39.1 Å². The molecule has 194 valence electrons. The molecule has 8 heteroatoms. The number of urea groups is 1. The van der Waals surface area contributed by atoms with Gasteiger partial charge in [-0.2, -0.15) is 0 Å². The first kappa shape index (κ1) is 25.4. The first-order valence-corrected chi connectivity index (χ1v) is 13.8. The second-order valence-electron chi connectivity index (χ2n) is 9.82. The number of thiophene rings is 1. The predicted octanol–water partition coefficient (Wildman–Crippen LogP) is 4.67. The van der Waals surface area contributed by atoms with Crippen molar-refractivity contribution < 1.29 is 14.0 Å². The lowest BCUT2D eigenvalue weighted by atomic mass is 9.93. The number of nitrogens with zero attached hydrogens (tertiary/aromatic N) is 3. The summed E-state index contributed by atoms with van der Waals surface area (Å²) >= 11 is 1.75. The Hall–Kier alpha value is -3.23. The first-order chi connectivity index (χ1) is 18.0. The van der Waals surface area contributed by atoms with Gasteiger partial charge >= 0.3 is 6.03 Å². The molecule has 0 bridgehead atoms. The fourth-order valence-electron chi connectivity index (χ4n) is 5.43. The highest BCUT2D eigenvalue weighted by molar-refractivity contribution is 7.10. The largest absolute Gasteiger partial charge is 0.339 e. The summed E-state index contributed by atoms with van der Waals surface area (Å²) in [7, 11) is 0. The van der Waals surface area contributed by atoms with Crippen LogP contribution in [0, 0.1) is 5.82 Å². The fraction of sp³-hybridized carbons (Fsp3) is 0.379. The van der Waals surface area contributed by atoms with Crippen LogP contribution in [0.5, 0.6) is 0 Å². The number of carbonyl (C=O) groups excluding carboxylic acids is 2. The molecule has 0 radical (unpaired) electrons. The van der Waals surface area contributed by atoms with Crippen LogP contribution in [0.4, 0.5) is 9.18 Å². The molecule has 0 unspecified atom stereocenters. The summed E-state index contributed by atoms with van der Waals surface area (Å²) in [5, 5.41) is 5.09. The third-order valence-electron chi connectivity index (χ3n) is 7.37. The van der Waals surface area contributed by atoms with E-state index in [9.17, 15) is 14.0 Å². The summed E-state index contributed by atoms with van der Waals surface area (Å²) in [6, 6.07) is 18.6. The molecule has 3 aromatic rings. The van der Waals surface area contributed by atoms with Gasteiger partial charge in [-0.3, -0.25) is 9.69 Å². The minimum Gasteiger partial charge on any atom is -0.339 e. The summed E-state index contributed by atoms with van der Waals surface area (Å²) in [4.78, 5) is 33.3. The molecule has 0 aliphatic carbocycles. The molecule has 1 aromatic heterocycles. The van der Waals surface area contributed by atoms with Crippen LogP contribution in [0.15, 0.2) is 66.0 Å². The van der Waals surface area contributed by atoms with E-state index in [1.807, 2.05) is 53.1 Å². The molecule has 2 aromatic carbocycles. The van der Waals surface area contributed by atoms with Crippen LogP contribution in [0.2, 0.25) is 0 Å². The van der Waals surface area contributed by atoms with E-state index in [1.165, 1.54) is 16.5 Å². The topological polar surface area (TPSA) is 55.9 Å². The van der Waals surface area contributed by atoms with Gasteiger partial charge in [0, 0.05) is 56.6 Å². The normalized spacial score (nSPS) is 19.9. The third kappa shape index (κ3) is 5.86. The van der Waals surface area contributed by atoms with Crippen LogP contribution in [0.1, 0.15) is 41.0 Å². The van der Waals surface area contributed by atoms with Gasteiger partial charge in [-0.15, -0.1) is 11.3 Å². The highest BCUT2D eigenvalue weighted by atomic mass is 32.1. The maximum Gasteiger partial charge on any atom is 0.318 e. The van der Waals surface area contributed by atoms with Gasteiger partial charge in [-0.25, -0.2) is 9.18 Å². The number of halogens is 1. The van der Waals surface area contributed by atoms with Crippen molar-refractivity contribution in [1.82, 2.24) is 20.0 Å². The number of hydrogen-bond acceptors (Lipinski definition) is 4. The van der Waals surface area contributed by atoms with Crippen molar-refractivity contribution in [2.75, 3.05) is 32.7 Å². The fourth-order valence-corrected chi connectivity index (χ4v) is 6.34. The van der Waals surface area contributed by atoms with Crippen molar-refractivity contribution in [3.05, 3.63) is 93.4 Å². The molecule has 0 spiro atoms. The summed E-state index contributed by atoms with van der Waals surface area (Å²) in [6.45, 7) is 5.50. The Morgan fingerprint density at radius 2 is 1.89 bits per heavy atom. The molecule has 1 fully saturated rings. The lowest BCUT2D eigenvalue weighted by Crippen LogP contribution is -2.57. The van der Waals surface area contributed by atoms with E-state index in [0.717, 1.165) is 24.1 Å². The Kier molecular flexibility index (Phi) is 7.86. The summed E-state index contributed by atoms with van der Waals surface area (Å²) in [5.41, 5.74) is 3.20. The average molecular weight is 521 g/mol. The number of hydrogen-bond donors (Lipinski definition) is 1. The van der Waals surface area contributed by atoms with Crippen molar-refractivity contribution in [3.8, 4) is 0 Å². The number of rotatable bonds is 6. The number of nitrogens with one attached hydrogen (secondary N) is 1. The smallest absolute Gasteiger partial charge is 0.318 e. The second-order valence-corrected chi connectivity index (χ2v) is 10.8. The number of amides is 3. The van der Waals surface area contributed by atoms with E-state index in [1.54, 1.807) is 23.5 Å². The van der Waals surface area contributed by atoms with Gasteiger partial charge in [-0.05, 0) is 53.6 Å². The van der Waals surface area contributed by atoms with Gasteiger partial charge < -0.3 is 15.1 Å². The van der Waals surface area contributed by atoms with E-state index in [2.05, 4.69) is 21.7 Å². The SMILES string of the molecule is C[C@@H]1CN(C(=O)CCN2CCc3sccc3[C@H]2c2cccc(F)c2)CCN1C(=O)NCc1ccccc1. The van der Waals surface area contributed by atoms with Crippen molar-refractivity contribution in [3.63, 3.8) is 0 Å². The van der Waals surface area contributed by atoms with E-state index in [4.69, 9.17) is 0 Å². The van der Waals surface area contributed by atoms with Crippen LogP contribution in [0.3, 0.4) is 0 Å². The molecule has 6 nitrogen and oxygen atoms in total. The maximum atomic E-state index is 14.1. The zero-order valence-corrected chi connectivity index (χ0v) is 21.9. The second kappa shape index (κ2) is 11.4. The van der Waals surface area contributed by atoms with Crippen molar-refractivity contribution in [1.29, 1.82) is 0 Å². The summed E-state index contributed by atoms with van der Waals surface area (Å²) in [5.74, 6) is -0.138. The van der Waals surface area contributed by atoms with Crippen LogP contribution in [-0.2, 0) is 17.8 Å². The molecule has 37 heavy (non-hydrogen) atoms. The summed E-state index contributed by atoms with van der Waals surface area (Å²) < 4.78 is 14.1. The lowest BCUT2D eigenvalue weighted by Gasteiger charge is -2.40. The molecule has 2 aliphatic rings. The molecule has 3 heterocycles. The van der Waals surface area contributed by atoms with Crippen LogP contribution < -0.4 is 5.32 Å². The Morgan fingerprint density at radius 1 is 1.05 bits per heavy atom. The van der Waals surface area contributed by atoms with Gasteiger partial charge in [0.05, 0.1) is 6.04 Å². The average Bonchev–Trinajstić information content (AvgIpc) is 3.39. The van der Waals surface area contributed by atoms with Crippen LogP contribution >= 0.6 is 11.3 Å². The number of piperazine rings is 1. The molecule has 3 amide bonds. The molecule has 5 rings (SSSR count). The van der Waals surface area contributed by atoms with Gasteiger partial charge in [-0.1, -0.05) is 42.5 Å². The Bertz CT molecular complexity index is 1230. The Labute approximate surface area is 221 Å². The lowest BCUT2D eigenvalue weighted by molar-refractivity contribution is -0.134. The zero-order valence-electron chi connectivity index (χ0n) is 21.1. The van der Waals surface area contributed by atoms with E-state index in [-0.39, 0.29) is 29.8 Å². The third-order valence-corrected chi connectivity index (χ3v) is 8.37. The standard InChI is InChI=1S/C29H33FN4O2S/c1-21-20-33(15-16-34(21)29(36)31-19-22-6-3-2-4-7-22)27(35)11-14-32-13-10-26-25(12-17-37-26)28(32)23-8-5-9-24(30)18-23/h2-9,12,17-18,21,28H,10-11,13-16,19-20H2,1H3,(H,31,36)/t21-,28-/m1/s1. The molecule has 1 N–H and O–H groups in total. The van der Waals surface area contributed by atoms with Gasteiger partial charge in [0.25, 0.3) is 0 Å². The molecular formula is C29H33FN4O2S. The molecule has 1 saturated heterocycles. The van der Waals surface area contributed by atoms with Gasteiger partial charge in [0.15, 0.2) is 0 Å². The highest BCUT2D eigenvalue weighted by Crippen LogP contribution is 2.38. The van der Waals surface area contributed by atoms with Crippen molar-refractivity contribution in [2.24, 2.45) is 0 Å². The van der Waals surface area contributed by atoms with Crippen molar-refractivity contribution >= 4 is 23.3 Å². The molecular weight excluding hydrogens is 487 g/mol. The monoisotopic (exact) mass is 520 g/mol.